The summed E-state index contributed by atoms with van der Waals surface area (Å²) in [4.78, 5) is 0. The maximum Gasteiger partial charge on any atom is 0.179 e. The number of para-hydroxylation sites is 6. The number of aromatic nitrogens is 4. The van der Waals surface area contributed by atoms with Crippen molar-refractivity contribution in [1.29, 1.82) is 0 Å². The summed E-state index contributed by atoms with van der Waals surface area (Å²) in [6.07, 6.45) is 0. The molecule has 0 aliphatic carbocycles. The fourth-order valence-electron chi connectivity index (χ4n) is 9.69. The van der Waals surface area contributed by atoms with Gasteiger partial charge in [0.05, 0.1) is 33.1 Å². The number of nitrogens with zero attached hydrogens (tertiary/aromatic N) is 4. The van der Waals surface area contributed by atoms with E-state index in [1.807, 2.05) is 0 Å². The van der Waals surface area contributed by atoms with E-state index >= 15 is 0 Å². The van der Waals surface area contributed by atoms with Crippen LogP contribution < -0.4 is 20.7 Å². The van der Waals surface area contributed by atoms with Crippen LogP contribution in [0.2, 0.25) is 0 Å². The summed E-state index contributed by atoms with van der Waals surface area (Å²) in [6, 6.07) is 80.8. The Morgan fingerprint density at radius 2 is 0.579 bits per heavy atom. The fourth-order valence-corrected chi connectivity index (χ4v) is 14.4. The molecule has 0 fully saturated rings. The Hall–Kier alpha value is -7.34. The zero-order chi connectivity index (χ0) is 37.5. The maximum absolute atomic E-state index is 2.81. The Morgan fingerprint density at radius 1 is 0.263 bits per heavy atom. The molecule has 12 aromatic rings. The van der Waals surface area contributed by atoms with Gasteiger partial charge in [-0.1, -0.05) is 146 Å². The van der Waals surface area contributed by atoms with Crippen LogP contribution in [-0.2, 0) is 0 Å². The highest BCUT2D eigenvalue weighted by Gasteiger charge is 2.41. The van der Waals surface area contributed by atoms with Gasteiger partial charge in [0.1, 0.15) is 11.3 Å². The molecule has 57 heavy (non-hydrogen) atoms. The van der Waals surface area contributed by atoms with Crippen molar-refractivity contribution in [2.45, 2.75) is 0 Å². The lowest BCUT2D eigenvalue weighted by Gasteiger charge is -2.34. The van der Waals surface area contributed by atoms with Crippen LogP contribution in [0.3, 0.4) is 0 Å². The van der Waals surface area contributed by atoms with E-state index in [0.29, 0.717) is 0 Å². The largest absolute Gasteiger partial charge is 0.294 e. The second kappa shape index (κ2) is 12.3. The van der Waals surface area contributed by atoms with Gasteiger partial charge in [0.15, 0.2) is 8.07 Å². The molecule has 0 atom stereocenters. The lowest BCUT2D eigenvalue weighted by molar-refractivity contribution is 1.15. The molecule has 0 saturated heterocycles. The normalized spacial score (nSPS) is 12.2. The second-order valence-electron chi connectivity index (χ2n) is 15.0. The maximum atomic E-state index is 2.41. The minimum absolute atomic E-state index is 1.15. The van der Waals surface area contributed by atoms with E-state index in [1.54, 1.807) is 0 Å². The molecule has 0 unspecified atom stereocenters. The standard InChI is InChI=1S/C52H36N4Si/c1-3-17-41(18-4-1)57(42-19-5-2-6-20-42,43-31-27-39(28-32-43)53-47-23-11-13-25-49(47)55-45-21-9-7-15-37(45)35-51(53)55)44-33-29-40(30-34-44)54-48-24-12-14-26-50(48)56-46-22-10-8-16-38(46)36-52(54)56/h1-36H. The third-order valence-corrected chi connectivity index (χ3v) is 16.9. The Kier molecular flexibility index (Phi) is 6.91. The van der Waals surface area contributed by atoms with Gasteiger partial charge in [-0.2, -0.15) is 0 Å². The SMILES string of the molecule is c1ccc([Si](c2ccccc2)(c2ccc(-n3c4ccccc4n4c5ccccc5cc34)cc2)c2ccc(-n3c4ccccc4n4c5ccccc5cc34)cc2)cc1. The summed E-state index contributed by atoms with van der Waals surface area (Å²) in [5, 5.41) is 7.88. The Morgan fingerprint density at radius 3 is 0.982 bits per heavy atom. The summed E-state index contributed by atoms with van der Waals surface area (Å²) >= 11 is 0. The van der Waals surface area contributed by atoms with Crippen molar-refractivity contribution >= 4 is 84.0 Å². The molecule has 4 aromatic heterocycles. The number of hydrogen-bond acceptors (Lipinski definition) is 0. The van der Waals surface area contributed by atoms with Crippen molar-refractivity contribution in [3.8, 4) is 11.4 Å². The Labute approximate surface area is 330 Å². The van der Waals surface area contributed by atoms with Crippen LogP contribution in [0.25, 0.3) is 66.5 Å². The van der Waals surface area contributed by atoms with E-state index in [2.05, 4.69) is 236 Å². The lowest BCUT2D eigenvalue weighted by atomic mass is 10.2. The van der Waals surface area contributed by atoms with Crippen molar-refractivity contribution in [3.05, 3.63) is 218 Å². The molecule has 0 radical (unpaired) electrons. The van der Waals surface area contributed by atoms with Crippen molar-refractivity contribution in [1.82, 2.24) is 17.9 Å². The molecular weight excluding hydrogens is 709 g/mol. The first-order chi connectivity index (χ1) is 28.3. The van der Waals surface area contributed by atoms with Gasteiger partial charge < -0.3 is 0 Å². The third kappa shape index (κ3) is 4.55. The minimum atomic E-state index is -2.81. The average Bonchev–Trinajstić information content (AvgIpc) is 4.02. The number of hydrogen-bond donors (Lipinski definition) is 0. The van der Waals surface area contributed by atoms with Gasteiger partial charge in [0.25, 0.3) is 0 Å². The van der Waals surface area contributed by atoms with Gasteiger partial charge in [0.2, 0.25) is 0 Å². The van der Waals surface area contributed by atoms with Gasteiger partial charge in [-0.25, -0.2) is 0 Å². The molecule has 4 nitrogen and oxygen atoms in total. The lowest BCUT2D eigenvalue weighted by Crippen LogP contribution is -2.74. The molecule has 4 heterocycles. The van der Waals surface area contributed by atoms with E-state index in [9.17, 15) is 0 Å². The first-order valence-electron chi connectivity index (χ1n) is 19.6. The van der Waals surface area contributed by atoms with Crippen LogP contribution in [0, 0.1) is 0 Å². The van der Waals surface area contributed by atoms with Crippen molar-refractivity contribution < 1.29 is 0 Å². The fraction of sp³-hybridized carbons (Fsp3) is 0. The van der Waals surface area contributed by atoms with Crippen LogP contribution in [0.5, 0.6) is 0 Å². The van der Waals surface area contributed by atoms with E-state index in [0.717, 1.165) is 22.7 Å². The molecule has 8 aromatic carbocycles. The molecule has 0 aliphatic heterocycles. The molecule has 0 saturated carbocycles. The molecule has 0 N–H and O–H groups in total. The third-order valence-electron chi connectivity index (χ3n) is 12.1. The van der Waals surface area contributed by atoms with Crippen molar-refractivity contribution in [2.24, 2.45) is 0 Å². The first-order valence-corrected chi connectivity index (χ1v) is 21.6. The summed E-state index contributed by atoms with van der Waals surface area (Å²) in [7, 11) is -2.81. The van der Waals surface area contributed by atoms with Crippen LogP contribution in [0.1, 0.15) is 0 Å². The summed E-state index contributed by atoms with van der Waals surface area (Å²) in [5.74, 6) is 0. The van der Waals surface area contributed by atoms with Gasteiger partial charge in [0, 0.05) is 22.1 Å². The second-order valence-corrected chi connectivity index (χ2v) is 18.8. The molecule has 5 heteroatoms. The zero-order valence-corrected chi connectivity index (χ0v) is 32.1. The molecule has 12 rings (SSSR count). The topological polar surface area (TPSA) is 18.7 Å². The highest BCUT2D eigenvalue weighted by atomic mass is 28.3. The quantitative estimate of drug-likeness (QED) is 0.119. The zero-order valence-electron chi connectivity index (χ0n) is 31.1. The molecule has 268 valence electrons. The molecule has 0 bridgehead atoms. The monoisotopic (exact) mass is 744 g/mol. The van der Waals surface area contributed by atoms with Gasteiger partial charge >= 0.3 is 0 Å². The smallest absolute Gasteiger partial charge is 0.179 e. The number of rotatable bonds is 6. The van der Waals surface area contributed by atoms with Crippen molar-refractivity contribution in [2.75, 3.05) is 0 Å². The highest BCUT2D eigenvalue weighted by molar-refractivity contribution is 7.19. The number of fused-ring (bicyclic) bond motifs is 10. The van der Waals surface area contributed by atoms with Crippen LogP contribution >= 0.6 is 0 Å². The van der Waals surface area contributed by atoms with Crippen molar-refractivity contribution in [3.63, 3.8) is 0 Å². The van der Waals surface area contributed by atoms with E-state index in [-0.39, 0.29) is 0 Å². The summed E-state index contributed by atoms with van der Waals surface area (Å²) < 4.78 is 9.61. The summed E-state index contributed by atoms with van der Waals surface area (Å²) in [5.41, 5.74) is 11.9. The number of imidazole rings is 2. The number of benzene rings is 8. The molecular formula is C52H36N4Si. The predicted molar refractivity (Wildman–Crippen MR) is 241 cm³/mol. The minimum Gasteiger partial charge on any atom is -0.294 e. The van der Waals surface area contributed by atoms with Gasteiger partial charge in [-0.15, -0.1) is 0 Å². The average molecular weight is 745 g/mol. The van der Waals surface area contributed by atoms with Crippen LogP contribution in [0.4, 0.5) is 0 Å². The van der Waals surface area contributed by atoms with Gasteiger partial charge in [-0.05, 0) is 93.5 Å². The van der Waals surface area contributed by atoms with Crippen LogP contribution in [0.15, 0.2) is 218 Å². The first kappa shape index (κ1) is 32.0. The summed E-state index contributed by atoms with van der Waals surface area (Å²) in [6.45, 7) is 0. The molecule has 0 amide bonds. The molecule has 0 aliphatic rings. The van der Waals surface area contributed by atoms with Crippen LogP contribution in [-0.4, -0.2) is 26.0 Å². The van der Waals surface area contributed by atoms with E-state index in [4.69, 9.17) is 0 Å². The highest BCUT2D eigenvalue weighted by Crippen LogP contribution is 2.33. The Bertz CT molecular complexity index is 3210. The molecule has 0 spiro atoms. The van der Waals surface area contributed by atoms with E-state index < -0.39 is 8.07 Å². The van der Waals surface area contributed by atoms with E-state index in [1.165, 1.54) is 64.6 Å². The predicted octanol–water partition coefficient (Wildman–Crippen LogP) is 9.76. The Balaban J connectivity index is 1.07. The van der Waals surface area contributed by atoms with Gasteiger partial charge in [-0.3, -0.25) is 17.9 Å².